The number of anilines is 1. The van der Waals surface area contributed by atoms with Gasteiger partial charge >= 0.3 is 0 Å². The zero-order chi connectivity index (χ0) is 19.1. The molecule has 1 aliphatic rings. The summed E-state index contributed by atoms with van der Waals surface area (Å²) >= 11 is 0. The average Bonchev–Trinajstić information content (AvgIpc) is 2.73. The first-order valence-corrected chi connectivity index (χ1v) is 9.87. The van der Waals surface area contributed by atoms with E-state index in [-0.39, 0.29) is 12.2 Å². The van der Waals surface area contributed by atoms with E-state index in [9.17, 15) is 0 Å². The van der Waals surface area contributed by atoms with Gasteiger partial charge in [0.25, 0.3) is 0 Å². The lowest BCUT2D eigenvalue weighted by Gasteiger charge is -2.37. The maximum absolute atomic E-state index is 3.90. The van der Waals surface area contributed by atoms with E-state index in [4.69, 9.17) is 0 Å². The smallest absolute Gasteiger partial charge is 0.104 e. The Hall–Kier alpha value is -3.10. The van der Waals surface area contributed by atoms with Gasteiger partial charge in [-0.3, -0.25) is 5.32 Å². The summed E-state index contributed by atoms with van der Waals surface area (Å²) in [5.41, 5.74) is 7.76. The lowest BCUT2D eigenvalue weighted by atomic mass is 9.87. The first kappa shape index (κ1) is 17.0. The third-order valence-corrected chi connectivity index (χ3v) is 5.89. The van der Waals surface area contributed by atoms with E-state index in [1.807, 2.05) is 0 Å². The van der Waals surface area contributed by atoms with E-state index in [0.29, 0.717) is 0 Å². The van der Waals surface area contributed by atoms with E-state index >= 15 is 0 Å². The summed E-state index contributed by atoms with van der Waals surface area (Å²) in [5.74, 6) is 0. The number of aryl methyl sites for hydroxylation is 2. The van der Waals surface area contributed by atoms with Gasteiger partial charge in [0.15, 0.2) is 0 Å². The largest absolute Gasteiger partial charge is 0.366 e. The van der Waals surface area contributed by atoms with Crippen molar-refractivity contribution in [1.29, 1.82) is 0 Å². The molecular weight excluding hydrogens is 340 g/mol. The van der Waals surface area contributed by atoms with Crippen molar-refractivity contribution in [2.45, 2.75) is 26.1 Å². The summed E-state index contributed by atoms with van der Waals surface area (Å²) in [4.78, 5) is 0. The summed E-state index contributed by atoms with van der Waals surface area (Å²) in [6, 6.07) is 30.6. The Morgan fingerprint density at radius 3 is 2.04 bits per heavy atom. The number of rotatable bonds is 2. The van der Waals surface area contributed by atoms with Crippen LogP contribution in [-0.4, -0.2) is 0 Å². The Kier molecular flexibility index (Phi) is 4.14. The van der Waals surface area contributed by atoms with Crippen molar-refractivity contribution in [3.05, 3.63) is 113 Å². The van der Waals surface area contributed by atoms with Crippen LogP contribution in [0, 0.1) is 13.8 Å². The third kappa shape index (κ3) is 2.78. The van der Waals surface area contributed by atoms with Crippen LogP contribution in [0.5, 0.6) is 0 Å². The number of hydrogen-bond donors (Lipinski definition) is 2. The lowest BCUT2D eigenvalue weighted by Crippen LogP contribution is -2.38. The number of nitrogens with one attached hydrogen (secondary N) is 2. The maximum atomic E-state index is 3.90. The lowest BCUT2D eigenvalue weighted by molar-refractivity contribution is 0.506. The summed E-state index contributed by atoms with van der Waals surface area (Å²) < 4.78 is 0. The summed E-state index contributed by atoms with van der Waals surface area (Å²) in [5, 5.41) is 10.2. The molecule has 28 heavy (non-hydrogen) atoms. The molecule has 138 valence electrons. The quantitative estimate of drug-likeness (QED) is 0.439. The minimum Gasteiger partial charge on any atom is -0.366 e. The van der Waals surface area contributed by atoms with Crippen LogP contribution in [0.3, 0.4) is 0 Å². The number of benzene rings is 4. The molecule has 2 N–H and O–H groups in total. The Labute approximate surface area is 166 Å². The van der Waals surface area contributed by atoms with Gasteiger partial charge in [-0.1, -0.05) is 78.9 Å². The zero-order valence-corrected chi connectivity index (χ0v) is 16.2. The second-order valence-electron chi connectivity index (χ2n) is 7.64. The highest BCUT2D eigenvalue weighted by molar-refractivity contribution is 5.91. The first-order chi connectivity index (χ1) is 13.7. The Bertz CT molecular complexity index is 1160. The molecule has 0 spiro atoms. The molecule has 0 saturated carbocycles. The fraction of sp³-hybridized carbons (Fsp3) is 0.154. The van der Waals surface area contributed by atoms with Gasteiger partial charge < -0.3 is 5.32 Å². The molecule has 5 rings (SSSR count). The monoisotopic (exact) mass is 364 g/mol. The highest BCUT2D eigenvalue weighted by Crippen LogP contribution is 2.41. The number of fused-ring (bicyclic) bond motifs is 3. The Balaban J connectivity index is 1.73. The summed E-state index contributed by atoms with van der Waals surface area (Å²) in [6.45, 7) is 4.38. The van der Waals surface area contributed by atoms with Crippen molar-refractivity contribution in [2.24, 2.45) is 0 Å². The molecule has 4 aromatic carbocycles. The molecule has 0 bridgehead atoms. The molecule has 0 amide bonds. The fourth-order valence-corrected chi connectivity index (χ4v) is 4.41. The summed E-state index contributed by atoms with van der Waals surface area (Å²) in [6.07, 6.45) is 0.0690. The van der Waals surface area contributed by atoms with E-state index < -0.39 is 0 Å². The first-order valence-electron chi connectivity index (χ1n) is 9.87. The van der Waals surface area contributed by atoms with E-state index in [1.54, 1.807) is 0 Å². The van der Waals surface area contributed by atoms with Crippen LogP contribution in [-0.2, 0) is 0 Å². The van der Waals surface area contributed by atoms with Crippen LogP contribution >= 0.6 is 0 Å². The predicted octanol–water partition coefficient (Wildman–Crippen LogP) is 6.26. The van der Waals surface area contributed by atoms with Crippen LogP contribution in [0.1, 0.15) is 40.0 Å². The SMILES string of the molecule is Cc1ccccc1C1Nc2ccc3ccccc3c2C(c2ccccc2C)N1. The molecule has 2 heteroatoms. The maximum Gasteiger partial charge on any atom is 0.104 e. The zero-order valence-electron chi connectivity index (χ0n) is 16.2. The molecule has 1 heterocycles. The van der Waals surface area contributed by atoms with Crippen LogP contribution in [0.4, 0.5) is 5.69 Å². The Morgan fingerprint density at radius 2 is 1.29 bits per heavy atom. The van der Waals surface area contributed by atoms with E-state index in [0.717, 1.165) is 0 Å². The second-order valence-corrected chi connectivity index (χ2v) is 7.64. The number of hydrogen-bond acceptors (Lipinski definition) is 2. The van der Waals surface area contributed by atoms with Crippen molar-refractivity contribution >= 4 is 16.5 Å². The molecule has 2 nitrogen and oxygen atoms in total. The molecule has 1 aliphatic heterocycles. The van der Waals surface area contributed by atoms with Gasteiger partial charge in [0, 0.05) is 11.3 Å². The highest BCUT2D eigenvalue weighted by atomic mass is 15.2. The van der Waals surface area contributed by atoms with Gasteiger partial charge in [-0.25, -0.2) is 0 Å². The van der Waals surface area contributed by atoms with Crippen molar-refractivity contribution < 1.29 is 0 Å². The third-order valence-electron chi connectivity index (χ3n) is 5.89. The molecule has 0 radical (unpaired) electrons. The van der Waals surface area contributed by atoms with Crippen LogP contribution in [0.25, 0.3) is 10.8 Å². The van der Waals surface area contributed by atoms with Gasteiger partial charge in [0.1, 0.15) is 6.17 Å². The highest BCUT2D eigenvalue weighted by Gasteiger charge is 2.30. The van der Waals surface area contributed by atoms with Gasteiger partial charge in [0.05, 0.1) is 6.04 Å². The normalized spacial score (nSPS) is 18.5. The molecule has 0 fully saturated rings. The molecule has 2 atom stereocenters. The molecule has 0 aliphatic carbocycles. The minimum atomic E-state index is 0.0690. The van der Waals surface area contributed by atoms with Gasteiger partial charge in [-0.2, -0.15) is 0 Å². The second kappa shape index (κ2) is 6.81. The predicted molar refractivity (Wildman–Crippen MR) is 118 cm³/mol. The van der Waals surface area contributed by atoms with Crippen LogP contribution in [0.2, 0.25) is 0 Å². The standard InChI is InChI=1S/C26H24N2/c1-17-9-3-6-12-20(17)25-24-22-14-8-5-11-19(22)15-16-23(24)27-26(28-25)21-13-7-4-10-18(21)2/h3-16,25-28H,1-2H3. The van der Waals surface area contributed by atoms with Crippen LogP contribution < -0.4 is 10.6 Å². The molecule has 0 aromatic heterocycles. The van der Waals surface area contributed by atoms with E-state index in [2.05, 4.69) is 109 Å². The minimum absolute atomic E-state index is 0.0690. The average molecular weight is 364 g/mol. The van der Waals surface area contributed by atoms with E-state index in [1.165, 1.54) is 44.3 Å². The fourth-order valence-electron chi connectivity index (χ4n) is 4.41. The van der Waals surface area contributed by atoms with Crippen molar-refractivity contribution in [3.63, 3.8) is 0 Å². The van der Waals surface area contributed by atoms with Gasteiger partial charge in [0.2, 0.25) is 0 Å². The Morgan fingerprint density at radius 1 is 0.643 bits per heavy atom. The van der Waals surface area contributed by atoms with Crippen molar-refractivity contribution in [2.75, 3.05) is 5.32 Å². The molecular formula is C26H24N2. The van der Waals surface area contributed by atoms with Gasteiger partial charge in [-0.05, 0) is 52.9 Å². The van der Waals surface area contributed by atoms with Gasteiger partial charge in [-0.15, -0.1) is 0 Å². The van der Waals surface area contributed by atoms with Crippen LogP contribution in [0.15, 0.2) is 84.9 Å². The summed E-state index contributed by atoms with van der Waals surface area (Å²) in [7, 11) is 0. The van der Waals surface area contributed by atoms with Crippen molar-refractivity contribution in [1.82, 2.24) is 5.32 Å². The molecule has 2 unspecified atom stereocenters. The topological polar surface area (TPSA) is 24.1 Å². The van der Waals surface area contributed by atoms with Crippen molar-refractivity contribution in [3.8, 4) is 0 Å². The molecule has 0 saturated heterocycles. The molecule has 4 aromatic rings.